The number of thioether (sulfide) groups is 1. The van der Waals surface area contributed by atoms with Gasteiger partial charge in [-0.25, -0.2) is 4.98 Å². The van der Waals surface area contributed by atoms with Crippen molar-refractivity contribution in [2.45, 2.75) is 31.4 Å². The van der Waals surface area contributed by atoms with Crippen LogP contribution in [0.2, 0.25) is 0 Å². The highest BCUT2D eigenvalue weighted by Crippen LogP contribution is 2.25. The van der Waals surface area contributed by atoms with Crippen LogP contribution in [-0.4, -0.2) is 46.0 Å². The number of pyridine rings is 1. The molecule has 0 radical (unpaired) electrons. The average Bonchev–Trinajstić information content (AvgIpc) is 3.21. The van der Waals surface area contributed by atoms with E-state index in [1.807, 2.05) is 24.4 Å². The third-order valence-electron chi connectivity index (χ3n) is 3.91. The molecule has 1 aliphatic heterocycles. The number of fused-ring (bicyclic) bond motifs is 1. The quantitative estimate of drug-likeness (QED) is 0.396. The monoisotopic (exact) mass is 459 g/mol. The van der Waals surface area contributed by atoms with E-state index < -0.39 is 0 Å². The third kappa shape index (κ3) is 5.54. The molecule has 1 atom stereocenters. The van der Waals surface area contributed by atoms with Crippen molar-refractivity contribution in [2.75, 3.05) is 25.4 Å². The summed E-state index contributed by atoms with van der Waals surface area (Å²) in [5.74, 6) is 2.21. The molecule has 0 amide bonds. The summed E-state index contributed by atoms with van der Waals surface area (Å²) in [6, 6.07) is 6.07. The van der Waals surface area contributed by atoms with E-state index >= 15 is 0 Å². The Morgan fingerprint density at radius 3 is 3.08 bits per heavy atom. The maximum absolute atomic E-state index is 4.72. The van der Waals surface area contributed by atoms with Crippen LogP contribution in [0.5, 0.6) is 0 Å². The Balaban J connectivity index is 0.00000208. The highest BCUT2D eigenvalue weighted by Gasteiger charge is 2.14. The molecule has 1 saturated heterocycles. The SMILES string of the molecule is CCNC(=NCC1CCCS1)NCCc1cn2ccccc2n1.I. The Labute approximate surface area is 165 Å². The lowest BCUT2D eigenvalue weighted by Gasteiger charge is -2.12. The van der Waals surface area contributed by atoms with Crippen molar-refractivity contribution < 1.29 is 0 Å². The molecule has 1 aliphatic rings. The summed E-state index contributed by atoms with van der Waals surface area (Å²) >= 11 is 2.05. The zero-order chi connectivity index (χ0) is 15.9. The third-order valence-corrected chi connectivity index (χ3v) is 5.29. The molecule has 0 spiro atoms. The maximum Gasteiger partial charge on any atom is 0.191 e. The number of hydrogen-bond acceptors (Lipinski definition) is 3. The zero-order valence-corrected chi connectivity index (χ0v) is 17.2. The molecule has 2 aromatic rings. The first-order chi connectivity index (χ1) is 11.3. The van der Waals surface area contributed by atoms with Gasteiger partial charge in [0.25, 0.3) is 0 Å². The summed E-state index contributed by atoms with van der Waals surface area (Å²) in [4.78, 5) is 9.34. The van der Waals surface area contributed by atoms with Gasteiger partial charge in [-0.05, 0) is 37.7 Å². The molecule has 1 unspecified atom stereocenters. The lowest BCUT2D eigenvalue weighted by atomic mass is 10.2. The number of imidazole rings is 1. The molecule has 132 valence electrons. The molecule has 0 bridgehead atoms. The number of guanidine groups is 1. The Morgan fingerprint density at radius 1 is 1.42 bits per heavy atom. The topological polar surface area (TPSA) is 53.7 Å². The number of aromatic nitrogens is 2. The summed E-state index contributed by atoms with van der Waals surface area (Å²) in [5.41, 5.74) is 2.10. The highest BCUT2D eigenvalue weighted by molar-refractivity contribution is 14.0. The molecule has 1 fully saturated rings. The van der Waals surface area contributed by atoms with Crippen LogP contribution in [0.3, 0.4) is 0 Å². The number of halogens is 1. The van der Waals surface area contributed by atoms with Gasteiger partial charge in [0.15, 0.2) is 5.96 Å². The van der Waals surface area contributed by atoms with Gasteiger partial charge >= 0.3 is 0 Å². The number of aliphatic imine (C=N–C) groups is 1. The molecule has 3 heterocycles. The molecule has 0 saturated carbocycles. The van der Waals surface area contributed by atoms with Gasteiger partial charge in [-0.15, -0.1) is 24.0 Å². The minimum atomic E-state index is 0. The lowest BCUT2D eigenvalue weighted by molar-refractivity contribution is 0.758. The van der Waals surface area contributed by atoms with E-state index in [9.17, 15) is 0 Å². The highest BCUT2D eigenvalue weighted by atomic mass is 127. The van der Waals surface area contributed by atoms with E-state index in [1.165, 1.54) is 18.6 Å². The van der Waals surface area contributed by atoms with Gasteiger partial charge in [-0.1, -0.05) is 6.07 Å². The molecule has 0 aliphatic carbocycles. The van der Waals surface area contributed by atoms with Gasteiger partial charge < -0.3 is 15.0 Å². The number of nitrogens with zero attached hydrogens (tertiary/aromatic N) is 3. The smallest absolute Gasteiger partial charge is 0.191 e. The molecule has 7 heteroatoms. The summed E-state index contributed by atoms with van der Waals surface area (Å²) < 4.78 is 2.06. The van der Waals surface area contributed by atoms with E-state index in [0.717, 1.165) is 43.4 Å². The second-order valence-corrected chi connectivity index (χ2v) is 7.14. The van der Waals surface area contributed by atoms with Gasteiger partial charge in [0.2, 0.25) is 0 Å². The lowest BCUT2D eigenvalue weighted by Crippen LogP contribution is -2.38. The summed E-state index contributed by atoms with van der Waals surface area (Å²) in [6.07, 6.45) is 7.65. The number of hydrogen-bond donors (Lipinski definition) is 2. The molecule has 3 rings (SSSR count). The summed E-state index contributed by atoms with van der Waals surface area (Å²) in [5, 5.41) is 7.44. The van der Waals surface area contributed by atoms with Gasteiger partial charge in [0.1, 0.15) is 5.65 Å². The van der Waals surface area contributed by atoms with Crippen molar-refractivity contribution in [1.29, 1.82) is 0 Å². The Morgan fingerprint density at radius 2 is 2.33 bits per heavy atom. The molecule has 5 nitrogen and oxygen atoms in total. The first-order valence-electron chi connectivity index (χ1n) is 8.41. The van der Waals surface area contributed by atoms with E-state index in [-0.39, 0.29) is 24.0 Å². The van der Waals surface area contributed by atoms with Crippen LogP contribution in [0, 0.1) is 0 Å². The minimum Gasteiger partial charge on any atom is -0.357 e. The van der Waals surface area contributed by atoms with Crippen molar-refractivity contribution in [1.82, 2.24) is 20.0 Å². The molecule has 0 aromatic carbocycles. The number of nitrogens with one attached hydrogen (secondary N) is 2. The molecular formula is C17H26IN5S. The second kappa shape index (κ2) is 10.1. The molecule has 2 N–H and O–H groups in total. The van der Waals surface area contributed by atoms with E-state index in [4.69, 9.17) is 4.99 Å². The average molecular weight is 459 g/mol. The predicted molar refractivity (Wildman–Crippen MR) is 114 cm³/mol. The van der Waals surface area contributed by atoms with Gasteiger partial charge in [-0.2, -0.15) is 11.8 Å². The van der Waals surface area contributed by atoms with E-state index in [2.05, 4.69) is 44.9 Å². The van der Waals surface area contributed by atoms with E-state index in [1.54, 1.807) is 0 Å². The first kappa shape index (κ1) is 19.4. The minimum absolute atomic E-state index is 0. The number of rotatable bonds is 6. The Hall–Kier alpha value is -0.960. The fourth-order valence-electron chi connectivity index (χ4n) is 2.74. The van der Waals surface area contributed by atoms with Gasteiger partial charge in [0, 0.05) is 37.2 Å². The van der Waals surface area contributed by atoms with Crippen molar-refractivity contribution in [3.05, 3.63) is 36.3 Å². The normalized spacial score (nSPS) is 17.7. The van der Waals surface area contributed by atoms with Crippen molar-refractivity contribution in [3.8, 4) is 0 Å². The largest absolute Gasteiger partial charge is 0.357 e. The molecule has 24 heavy (non-hydrogen) atoms. The second-order valence-electron chi connectivity index (χ2n) is 5.73. The maximum atomic E-state index is 4.72. The summed E-state index contributed by atoms with van der Waals surface area (Å²) in [6.45, 7) is 4.74. The Kier molecular flexibility index (Phi) is 8.17. The van der Waals surface area contributed by atoms with Crippen LogP contribution < -0.4 is 10.6 Å². The first-order valence-corrected chi connectivity index (χ1v) is 9.46. The van der Waals surface area contributed by atoms with Crippen LogP contribution in [0.25, 0.3) is 5.65 Å². The van der Waals surface area contributed by atoms with Crippen LogP contribution in [0.4, 0.5) is 0 Å². The van der Waals surface area contributed by atoms with Crippen LogP contribution in [0.1, 0.15) is 25.5 Å². The van der Waals surface area contributed by atoms with E-state index in [0.29, 0.717) is 5.25 Å². The van der Waals surface area contributed by atoms with Crippen LogP contribution >= 0.6 is 35.7 Å². The standard InChI is InChI=1S/C17H25N5S.HI/c1-2-18-17(20-12-15-6-5-11-23-15)19-9-8-14-13-22-10-4-3-7-16(22)21-14;/h3-4,7,10,13,15H,2,5-6,8-9,11-12H2,1H3,(H2,18,19,20);1H. The fraction of sp³-hybridized carbons (Fsp3) is 0.529. The predicted octanol–water partition coefficient (Wildman–Crippen LogP) is 2.95. The molecule has 2 aromatic heterocycles. The molecular weight excluding hydrogens is 433 g/mol. The van der Waals surface area contributed by atoms with Crippen LogP contribution in [0.15, 0.2) is 35.6 Å². The Bertz CT molecular complexity index is 618. The van der Waals surface area contributed by atoms with Crippen molar-refractivity contribution in [3.63, 3.8) is 0 Å². The van der Waals surface area contributed by atoms with Gasteiger partial charge in [-0.3, -0.25) is 4.99 Å². The summed E-state index contributed by atoms with van der Waals surface area (Å²) in [7, 11) is 0. The zero-order valence-electron chi connectivity index (χ0n) is 14.1. The van der Waals surface area contributed by atoms with Crippen molar-refractivity contribution in [2.24, 2.45) is 4.99 Å². The van der Waals surface area contributed by atoms with Crippen molar-refractivity contribution >= 4 is 47.3 Å². The van der Waals surface area contributed by atoms with Crippen LogP contribution in [-0.2, 0) is 6.42 Å². The fourth-order valence-corrected chi connectivity index (χ4v) is 3.92. The van der Waals surface area contributed by atoms with Gasteiger partial charge in [0.05, 0.1) is 12.2 Å².